The topological polar surface area (TPSA) is 97.3 Å². The van der Waals surface area contributed by atoms with Gasteiger partial charge in [-0.1, -0.05) is 12.1 Å². The van der Waals surface area contributed by atoms with E-state index in [9.17, 15) is 4.79 Å². The molecule has 0 aliphatic heterocycles. The standard InChI is InChI=1S/C19H28N6O/c1-4-21-19(22-9-6-10-25-15(3)11-14(2)24-25)23-13-16-7-5-8-17(12-16)18(20)26/h5,7-8,11-12H,4,6,9-10,13H2,1-3H3,(H2,20,26)(H2,21,22,23). The van der Waals surface area contributed by atoms with Gasteiger partial charge in [0.1, 0.15) is 0 Å². The molecule has 140 valence electrons. The van der Waals surface area contributed by atoms with Gasteiger partial charge in [0.05, 0.1) is 12.2 Å². The van der Waals surface area contributed by atoms with E-state index in [0.717, 1.165) is 43.3 Å². The summed E-state index contributed by atoms with van der Waals surface area (Å²) in [7, 11) is 0. The zero-order valence-electron chi connectivity index (χ0n) is 15.7. The molecule has 0 atom stereocenters. The minimum atomic E-state index is -0.426. The highest BCUT2D eigenvalue weighted by Crippen LogP contribution is 2.06. The van der Waals surface area contributed by atoms with E-state index < -0.39 is 5.91 Å². The second-order valence-corrected chi connectivity index (χ2v) is 6.19. The van der Waals surface area contributed by atoms with Crippen molar-refractivity contribution in [3.05, 3.63) is 52.8 Å². The average Bonchev–Trinajstić information content (AvgIpc) is 2.94. The van der Waals surface area contributed by atoms with Crippen LogP contribution < -0.4 is 16.4 Å². The fourth-order valence-electron chi connectivity index (χ4n) is 2.67. The molecule has 7 heteroatoms. The zero-order valence-corrected chi connectivity index (χ0v) is 15.7. The summed E-state index contributed by atoms with van der Waals surface area (Å²) in [6.45, 7) is 9.03. The molecule has 1 aromatic carbocycles. The Labute approximate surface area is 154 Å². The van der Waals surface area contributed by atoms with Crippen LogP contribution in [0.1, 0.15) is 40.7 Å². The molecule has 4 N–H and O–H groups in total. The highest BCUT2D eigenvalue weighted by molar-refractivity contribution is 5.92. The molecule has 1 aromatic heterocycles. The van der Waals surface area contributed by atoms with Gasteiger partial charge < -0.3 is 16.4 Å². The lowest BCUT2D eigenvalue weighted by Gasteiger charge is -2.12. The van der Waals surface area contributed by atoms with Crippen molar-refractivity contribution in [3.8, 4) is 0 Å². The van der Waals surface area contributed by atoms with Gasteiger partial charge in [-0.15, -0.1) is 0 Å². The van der Waals surface area contributed by atoms with E-state index in [4.69, 9.17) is 5.73 Å². The number of aromatic nitrogens is 2. The summed E-state index contributed by atoms with van der Waals surface area (Å²) >= 11 is 0. The van der Waals surface area contributed by atoms with Crippen molar-refractivity contribution in [2.75, 3.05) is 13.1 Å². The number of carbonyl (C=O) groups excluding carboxylic acids is 1. The van der Waals surface area contributed by atoms with Crippen LogP contribution in [0, 0.1) is 13.8 Å². The lowest BCUT2D eigenvalue weighted by Crippen LogP contribution is -2.38. The third-order valence-electron chi connectivity index (χ3n) is 3.92. The monoisotopic (exact) mass is 356 g/mol. The lowest BCUT2D eigenvalue weighted by atomic mass is 10.1. The van der Waals surface area contributed by atoms with Crippen LogP contribution in [-0.4, -0.2) is 34.7 Å². The lowest BCUT2D eigenvalue weighted by molar-refractivity contribution is 0.1000. The number of carbonyl (C=O) groups is 1. The first-order valence-corrected chi connectivity index (χ1v) is 8.91. The number of amides is 1. The number of rotatable bonds is 8. The Hall–Kier alpha value is -2.83. The molecule has 1 heterocycles. The number of aryl methyl sites for hydroxylation is 3. The molecule has 0 radical (unpaired) electrons. The number of hydrogen-bond donors (Lipinski definition) is 3. The predicted octanol–water partition coefficient (Wildman–Crippen LogP) is 1.74. The van der Waals surface area contributed by atoms with Crippen LogP contribution in [-0.2, 0) is 13.1 Å². The summed E-state index contributed by atoms with van der Waals surface area (Å²) in [6, 6.07) is 9.32. The molecule has 26 heavy (non-hydrogen) atoms. The molecule has 0 unspecified atom stereocenters. The SMILES string of the molecule is CCNC(=NCc1cccc(C(N)=O)c1)NCCCn1nc(C)cc1C. The largest absolute Gasteiger partial charge is 0.366 e. The van der Waals surface area contributed by atoms with Crippen molar-refractivity contribution in [1.29, 1.82) is 0 Å². The Bertz CT molecular complexity index is 765. The number of nitrogens with two attached hydrogens (primary N) is 1. The zero-order chi connectivity index (χ0) is 18.9. The van der Waals surface area contributed by atoms with Crippen molar-refractivity contribution in [2.24, 2.45) is 10.7 Å². The highest BCUT2D eigenvalue weighted by atomic mass is 16.1. The van der Waals surface area contributed by atoms with Crippen molar-refractivity contribution in [1.82, 2.24) is 20.4 Å². The van der Waals surface area contributed by atoms with Crippen molar-refractivity contribution >= 4 is 11.9 Å². The summed E-state index contributed by atoms with van der Waals surface area (Å²) in [4.78, 5) is 15.8. The normalized spacial score (nSPS) is 11.4. The number of benzene rings is 1. The van der Waals surface area contributed by atoms with E-state index in [-0.39, 0.29) is 0 Å². The van der Waals surface area contributed by atoms with Gasteiger partial charge in [-0.05, 0) is 51.0 Å². The third kappa shape index (κ3) is 5.91. The first-order valence-electron chi connectivity index (χ1n) is 8.91. The first-order chi connectivity index (χ1) is 12.5. The number of nitrogens with one attached hydrogen (secondary N) is 2. The molecule has 0 saturated carbocycles. The van der Waals surface area contributed by atoms with Gasteiger partial charge in [0, 0.05) is 30.9 Å². The number of nitrogens with zero attached hydrogens (tertiary/aromatic N) is 3. The van der Waals surface area contributed by atoms with E-state index in [0.29, 0.717) is 12.1 Å². The molecule has 0 fully saturated rings. The Morgan fingerprint density at radius 1 is 1.27 bits per heavy atom. The summed E-state index contributed by atoms with van der Waals surface area (Å²) in [6.07, 6.45) is 0.948. The van der Waals surface area contributed by atoms with Crippen LogP contribution >= 0.6 is 0 Å². The predicted molar refractivity (Wildman–Crippen MR) is 104 cm³/mol. The van der Waals surface area contributed by atoms with Gasteiger partial charge in [-0.3, -0.25) is 9.48 Å². The van der Waals surface area contributed by atoms with E-state index >= 15 is 0 Å². The van der Waals surface area contributed by atoms with Crippen LogP contribution in [0.2, 0.25) is 0 Å². The number of aliphatic imine (C=N–C) groups is 1. The fraction of sp³-hybridized carbons (Fsp3) is 0.421. The molecule has 0 saturated heterocycles. The van der Waals surface area contributed by atoms with E-state index in [1.54, 1.807) is 12.1 Å². The Morgan fingerprint density at radius 3 is 2.73 bits per heavy atom. The van der Waals surface area contributed by atoms with Gasteiger partial charge in [-0.25, -0.2) is 4.99 Å². The molecular formula is C19H28N6O. The van der Waals surface area contributed by atoms with Crippen LogP contribution in [0.5, 0.6) is 0 Å². The Kier molecular flexibility index (Phi) is 7.20. The van der Waals surface area contributed by atoms with Gasteiger partial charge in [-0.2, -0.15) is 5.10 Å². The Morgan fingerprint density at radius 2 is 2.08 bits per heavy atom. The van der Waals surface area contributed by atoms with Crippen LogP contribution in [0.25, 0.3) is 0 Å². The number of primary amides is 1. The van der Waals surface area contributed by atoms with Crippen molar-refractivity contribution < 1.29 is 4.79 Å². The fourth-order valence-corrected chi connectivity index (χ4v) is 2.67. The number of guanidine groups is 1. The maximum Gasteiger partial charge on any atom is 0.248 e. The maximum absolute atomic E-state index is 11.3. The molecule has 7 nitrogen and oxygen atoms in total. The Balaban J connectivity index is 1.87. The summed E-state index contributed by atoms with van der Waals surface area (Å²) < 4.78 is 2.02. The van der Waals surface area contributed by atoms with Gasteiger partial charge in [0.25, 0.3) is 0 Å². The number of hydrogen-bond acceptors (Lipinski definition) is 3. The minimum Gasteiger partial charge on any atom is -0.366 e. The van der Waals surface area contributed by atoms with E-state index in [1.807, 2.05) is 30.7 Å². The molecule has 0 spiro atoms. The molecular weight excluding hydrogens is 328 g/mol. The summed E-state index contributed by atoms with van der Waals surface area (Å²) in [5, 5.41) is 11.0. The van der Waals surface area contributed by atoms with Gasteiger partial charge in [0.2, 0.25) is 5.91 Å². The summed E-state index contributed by atoms with van der Waals surface area (Å²) in [5.41, 5.74) is 8.99. The quantitative estimate of drug-likeness (QED) is 0.381. The minimum absolute atomic E-state index is 0.426. The molecule has 2 rings (SSSR count). The maximum atomic E-state index is 11.3. The highest BCUT2D eigenvalue weighted by Gasteiger charge is 2.03. The van der Waals surface area contributed by atoms with Gasteiger partial charge >= 0.3 is 0 Å². The smallest absolute Gasteiger partial charge is 0.248 e. The molecule has 0 aliphatic carbocycles. The molecule has 0 bridgehead atoms. The molecule has 2 aromatic rings. The summed E-state index contributed by atoms with van der Waals surface area (Å²) in [5.74, 6) is 0.329. The van der Waals surface area contributed by atoms with Crippen molar-refractivity contribution in [3.63, 3.8) is 0 Å². The second kappa shape index (κ2) is 9.60. The second-order valence-electron chi connectivity index (χ2n) is 6.19. The molecule has 1 amide bonds. The first kappa shape index (κ1) is 19.5. The van der Waals surface area contributed by atoms with E-state index in [1.165, 1.54) is 5.69 Å². The van der Waals surface area contributed by atoms with E-state index in [2.05, 4.69) is 33.7 Å². The van der Waals surface area contributed by atoms with Crippen LogP contribution in [0.15, 0.2) is 35.3 Å². The van der Waals surface area contributed by atoms with Crippen LogP contribution in [0.3, 0.4) is 0 Å². The average molecular weight is 356 g/mol. The van der Waals surface area contributed by atoms with Gasteiger partial charge in [0.15, 0.2) is 5.96 Å². The third-order valence-corrected chi connectivity index (χ3v) is 3.92. The van der Waals surface area contributed by atoms with Crippen molar-refractivity contribution in [2.45, 2.75) is 40.3 Å². The van der Waals surface area contributed by atoms with Crippen LogP contribution in [0.4, 0.5) is 0 Å². The molecule has 0 aliphatic rings.